The second-order valence-electron chi connectivity index (χ2n) is 5.85. The van der Waals surface area contributed by atoms with Crippen molar-refractivity contribution in [1.29, 1.82) is 0 Å². The van der Waals surface area contributed by atoms with Crippen molar-refractivity contribution < 1.29 is 4.79 Å². The minimum Gasteiger partial charge on any atom is -0.355 e. The molecule has 0 spiro atoms. The molecule has 0 radical (unpaired) electrons. The molecular formula is C14H27N3O. The van der Waals surface area contributed by atoms with Crippen molar-refractivity contribution in [3.05, 3.63) is 0 Å². The molecule has 0 aromatic rings. The van der Waals surface area contributed by atoms with E-state index in [0.717, 1.165) is 32.0 Å². The van der Waals surface area contributed by atoms with Crippen molar-refractivity contribution in [2.24, 2.45) is 5.92 Å². The van der Waals surface area contributed by atoms with Crippen LogP contribution in [0.15, 0.2) is 0 Å². The van der Waals surface area contributed by atoms with E-state index in [2.05, 4.69) is 22.9 Å². The summed E-state index contributed by atoms with van der Waals surface area (Å²) in [5, 5.41) is 9.65. The van der Waals surface area contributed by atoms with Crippen molar-refractivity contribution in [3.63, 3.8) is 0 Å². The first-order chi connectivity index (χ1) is 8.75. The third-order valence-corrected chi connectivity index (χ3v) is 4.22. The first-order valence-corrected chi connectivity index (χ1v) is 7.50. The summed E-state index contributed by atoms with van der Waals surface area (Å²) in [5.41, 5.74) is 0. The van der Waals surface area contributed by atoms with Crippen LogP contribution >= 0.6 is 0 Å². The van der Waals surface area contributed by atoms with Crippen LogP contribution in [-0.2, 0) is 4.79 Å². The summed E-state index contributed by atoms with van der Waals surface area (Å²) in [4.78, 5) is 11.9. The molecule has 1 heterocycles. The lowest BCUT2D eigenvalue weighted by Crippen LogP contribution is -2.58. The van der Waals surface area contributed by atoms with Crippen LogP contribution in [-0.4, -0.2) is 37.6 Å². The molecule has 2 aliphatic rings. The number of nitrogens with one attached hydrogen (secondary N) is 3. The zero-order valence-corrected chi connectivity index (χ0v) is 11.5. The van der Waals surface area contributed by atoms with Gasteiger partial charge in [-0.1, -0.05) is 25.7 Å². The van der Waals surface area contributed by atoms with E-state index in [4.69, 9.17) is 0 Å². The second kappa shape index (κ2) is 7.10. The molecule has 2 fully saturated rings. The van der Waals surface area contributed by atoms with Crippen molar-refractivity contribution in [2.75, 3.05) is 19.6 Å². The molecule has 3 N–H and O–H groups in total. The highest BCUT2D eigenvalue weighted by Gasteiger charge is 2.22. The van der Waals surface area contributed by atoms with Crippen LogP contribution in [0.4, 0.5) is 0 Å². The van der Waals surface area contributed by atoms with Gasteiger partial charge in [-0.3, -0.25) is 4.79 Å². The number of carbonyl (C=O) groups excluding carboxylic acids is 1. The summed E-state index contributed by atoms with van der Waals surface area (Å²) >= 11 is 0. The van der Waals surface area contributed by atoms with Gasteiger partial charge in [0.1, 0.15) is 0 Å². The van der Waals surface area contributed by atoms with E-state index in [1.165, 1.54) is 32.1 Å². The highest BCUT2D eigenvalue weighted by Crippen LogP contribution is 2.28. The van der Waals surface area contributed by atoms with Crippen LogP contribution in [0, 0.1) is 5.92 Å². The van der Waals surface area contributed by atoms with Gasteiger partial charge >= 0.3 is 0 Å². The molecular weight excluding hydrogens is 226 g/mol. The number of hydrogen-bond acceptors (Lipinski definition) is 3. The van der Waals surface area contributed by atoms with Crippen molar-refractivity contribution in [3.8, 4) is 0 Å². The summed E-state index contributed by atoms with van der Waals surface area (Å²) < 4.78 is 0. The topological polar surface area (TPSA) is 53.2 Å². The second-order valence-corrected chi connectivity index (χ2v) is 5.85. The third-order valence-electron chi connectivity index (χ3n) is 4.22. The molecule has 2 unspecified atom stereocenters. The van der Waals surface area contributed by atoms with Gasteiger partial charge in [0.05, 0.1) is 6.04 Å². The highest BCUT2D eigenvalue weighted by molar-refractivity contribution is 5.82. The molecule has 0 bridgehead atoms. The number of piperazine rings is 1. The Hall–Kier alpha value is -0.610. The van der Waals surface area contributed by atoms with Crippen LogP contribution in [0.3, 0.4) is 0 Å². The average molecular weight is 253 g/mol. The summed E-state index contributed by atoms with van der Waals surface area (Å²) in [6.45, 7) is 4.58. The van der Waals surface area contributed by atoms with E-state index >= 15 is 0 Å². The zero-order chi connectivity index (χ0) is 12.8. The molecule has 0 aromatic carbocycles. The molecule has 1 aliphatic carbocycles. The summed E-state index contributed by atoms with van der Waals surface area (Å²) in [6, 6.07) is 0.420. The largest absolute Gasteiger partial charge is 0.355 e. The van der Waals surface area contributed by atoms with Crippen LogP contribution in [0.2, 0.25) is 0 Å². The van der Waals surface area contributed by atoms with Gasteiger partial charge in [-0.25, -0.2) is 0 Å². The molecule has 2 rings (SSSR count). The summed E-state index contributed by atoms with van der Waals surface area (Å²) in [5.74, 6) is 1.08. The number of carbonyl (C=O) groups is 1. The van der Waals surface area contributed by atoms with Crippen LogP contribution < -0.4 is 16.0 Å². The Kier molecular flexibility index (Phi) is 5.45. The smallest absolute Gasteiger partial charge is 0.238 e. The van der Waals surface area contributed by atoms with E-state index in [9.17, 15) is 4.79 Å². The highest BCUT2D eigenvalue weighted by atomic mass is 16.2. The molecule has 1 saturated heterocycles. The maximum absolute atomic E-state index is 11.9. The Balaban J connectivity index is 1.54. The van der Waals surface area contributed by atoms with Crippen molar-refractivity contribution in [1.82, 2.24) is 16.0 Å². The molecule has 18 heavy (non-hydrogen) atoms. The van der Waals surface area contributed by atoms with E-state index in [0.29, 0.717) is 6.04 Å². The lowest BCUT2D eigenvalue weighted by atomic mass is 10.0. The van der Waals surface area contributed by atoms with Crippen molar-refractivity contribution >= 4 is 5.91 Å². The maximum atomic E-state index is 11.9. The Labute approximate surface area is 110 Å². The molecule has 104 valence electrons. The Morgan fingerprint density at radius 3 is 2.67 bits per heavy atom. The lowest BCUT2D eigenvalue weighted by molar-refractivity contribution is -0.123. The third kappa shape index (κ3) is 4.25. The first-order valence-electron chi connectivity index (χ1n) is 7.50. The minimum atomic E-state index is -0.0484. The standard InChI is InChI=1S/C14H27N3O/c1-11-9-17-13(10-16-11)14(18)15-8-4-7-12-5-2-3-6-12/h11-13,16-17H,2-10H2,1H3,(H,15,18). The Bertz CT molecular complexity index is 256. The van der Waals surface area contributed by atoms with Gasteiger partial charge in [0.25, 0.3) is 0 Å². The number of rotatable bonds is 5. The maximum Gasteiger partial charge on any atom is 0.238 e. The molecule has 0 aromatic heterocycles. The van der Waals surface area contributed by atoms with Gasteiger partial charge in [0.15, 0.2) is 0 Å². The van der Waals surface area contributed by atoms with E-state index < -0.39 is 0 Å². The molecule has 4 nitrogen and oxygen atoms in total. The van der Waals surface area contributed by atoms with Gasteiger partial charge in [-0.15, -0.1) is 0 Å². The molecule has 1 aliphatic heterocycles. The Morgan fingerprint density at radius 1 is 1.22 bits per heavy atom. The average Bonchev–Trinajstić information content (AvgIpc) is 2.88. The van der Waals surface area contributed by atoms with Gasteiger partial charge in [-0.05, 0) is 25.7 Å². The summed E-state index contributed by atoms with van der Waals surface area (Å²) in [6.07, 6.45) is 8.04. The SMILES string of the molecule is CC1CNC(C(=O)NCCCC2CCCC2)CN1. The normalized spacial score (nSPS) is 29.4. The quantitative estimate of drug-likeness (QED) is 0.641. The van der Waals surface area contributed by atoms with Gasteiger partial charge in [0.2, 0.25) is 5.91 Å². The number of amides is 1. The minimum absolute atomic E-state index is 0.0484. The van der Waals surface area contributed by atoms with Gasteiger partial charge < -0.3 is 16.0 Å². The number of hydrogen-bond donors (Lipinski definition) is 3. The van der Waals surface area contributed by atoms with E-state index in [1.54, 1.807) is 0 Å². The fraction of sp³-hybridized carbons (Fsp3) is 0.929. The lowest BCUT2D eigenvalue weighted by Gasteiger charge is -2.28. The molecule has 4 heteroatoms. The fourth-order valence-corrected chi connectivity index (χ4v) is 2.99. The van der Waals surface area contributed by atoms with E-state index in [-0.39, 0.29) is 11.9 Å². The Morgan fingerprint density at radius 2 is 2.00 bits per heavy atom. The van der Waals surface area contributed by atoms with Gasteiger partial charge in [-0.2, -0.15) is 0 Å². The predicted molar refractivity (Wildman–Crippen MR) is 73.5 cm³/mol. The fourth-order valence-electron chi connectivity index (χ4n) is 2.99. The van der Waals surface area contributed by atoms with Crippen LogP contribution in [0.5, 0.6) is 0 Å². The zero-order valence-electron chi connectivity index (χ0n) is 11.5. The molecule has 2 atom stereocenters. The summed E-state index contributed by atoms with van der Waals surface area (Å²) in [7, 11) is 0. The molecule has 1 amide bonds. The van der Waals surface area contributed by atoms with Gasteiger partial charge in [0, 0.05) is 25.7 Å². The van der Waals surface area contributed by atoms with E-state index in [1.807, 2.05) is 0 Å². The van der Waals surface area contributed by atoms with Crippen molar-refractivity contribution in [2.45, 2.75) is 57.5 Å². The monoisotopic (exact) mass is 253 g/mol. The van der Waals surface area contributed by atoms with Crippen LogP contribution in [0.25, 0.3) is 0 Å². The first kappa shape index (κ1) is 13.8. The molecule has 1 saturated carbocycles. The van der Waals surface area contributed by atoms with Crippen LogP contribution in [0.1, 0.15) is 45.4 Å². The predicted octanol–water partition coefficient (Wildman–Crippen LogP) is 1.02.